The molecule has 0 aliphatic rings. The van der Waals surface area contributed by atoms with Crippen molar-refractivity contribution < 1.29 is 9.52 Å². The van der Waals surface area contributed by atoms with Gasteiger partial charge in [0.1, 0.15) is 0 Å². The molecule has 0 saturated heterocycles. The maximum absolute atomic E-state index is 8.27. The van der Waals surface area contributed by atoms with Crippen molar-refractivity contribution >= 4 is 0 Å². The zero-order valence-electron chi connectivity index (χ0n) is 2.96. The molecule has 0 fully saturated rings. The third-order valence-electron chi connectivity index (χ3n) is 0.419. The molecule has 0 unspecified atom stereocenters. The van der Waals surface area contributed by atoms with Crippen LogP contribution in [-0.2, 0) is 0 Å². The molecule has 0 amide bonds. The van der Waals surface area contributed by atoms with Gasteiger partial charge in [0.05, 0.1) is 0 Å². The highest BCUT2D eigenvalue weighted by Gasteiger charge is 1.80. The maximum atomic E-state index is 8.27. The number of nitrogens with zero attached hydrogens (tertiary/aromatic N) is 1. The number of aromatic nitrogens is 1. The molecule has 1 heterocycles. The van der Waals surface area contributed by atoms with Gasteiger partial charge in [-0.1, -0.05) is 0 Å². The molecular formula is C3H3NO2. The SMILES string of the molecule is Oc1cocn1. The first kappa shape index (κ1) is 3.21. The Labute approximate surface area is 34.2 Å². The topological polar surface area (TPSA) is 46.3 Å². The van der Waals surface area contributed by atoms with E-state index in [1.165, 1.54) is 0 Å². The molecule has 0 aliphatic carbocycles. The molecule has 0 atom stereocenters. The van der Waals surface area contributed by atoms with E-state index >= 15 is 0 Å². The van der Waals surface area contributed by atoms with Crippen molar-refractivity contribution in [3.05, 3.63) is 12.7 Å². The van der Waals surface area contributed by atoms with Gasteiger partial charge in [-0.05, 0) is 0 Å². The molecule has 1 N–H and O–H groups in total. The molecule has 0 spiro atoms. The predicted molar refractivity (Wildman–Crippen MR) is 18.2 cm³/mol. The number of rotatable bonds is 0. The summed E-state index contributed by atoms with van der Waals surface area (Å²) in [6, 6.07) is 0. The van der Waals surface area contributed by atoms with Crippen LogP contribution in [-0.4, -0.2) is 10.1 Å². The van der Waals surface area contributed by atoms with Gasteiger partial charge in [-0.15, -0.1) is 0 Å². The van der Waals surface area contributed by atoms with E-state index in [9.17, 15) is 0 Å². The molecule has 0 bridgehead atoms. The van der Waals surface area contributed by atoms with Crippen LogP contribution < -0.4 is 0 Å². The zero-order chi connectivity index (χ0) is 4.41. The lowest BCUT2D eigenvalue weighted by Crippen LogP contribution is -1.51. The first-order valence-corrected chi connectivity index (χ1v) is 1.47. The summed E-state index contributed by atoms with van der Waals surface area (Å²) in [5.74, 6) is -0.0741. The fourth-order valence-electron chi connectivity index (χ4n) is 0.206. The fourth-order valence-corrected chi connectivity index (χ4v) is 0.206. The van der Waals surface area contributed by atoms with Crippen LogP contribution in [0.15, 0.2) is 17.1 Å². The number of hydrogen-bond acceptors (Lipinski definition) is 3. The van der Waals surface area contributed by atoms with E-state index in [1.807, 2.05) is 0 Å². The highest BCUT2D eigenvalue weighted by atomic mass is 16.4. The molecule has 1 aromatic rings. The Morgan fingerprint density at radius 3 is 2.83 bits per heavy atom. The van der Waals surface area contributed by atoms with Gasteiger partial charge >= 0.3 is 0 Å². The predicted octanol–water partition coefficient (Wildman–Crippen LogP) is 0.380. The average Bonchev–Trinajstić information content (AvgIpc) is 1.86. The molecular weight excluding hydrogens is 82.0 g/mol. The van der Waals surface area contributed by atoms with E-state index in [0.29, 0.717) is 0 Å². The third kappa shape index (κ3) is 0.337. The minimum atomic E-state index is -0.0741. The summed E-state index contributed by atoms with van der Waals surface area (Å²) >= 11 is 0. The molecule has 0 saturated carbocycles. The molecule has 3 heteroatoms. The minimum absolute atomic E-state index is 0.0741. The van der Waals surface area contributed by atoms with Gasteiger partial charge < -0.3 is 9.52 Å². The van der Waals surface area contributed by atoms with Crippen LogP contribution in [0, 0.1) is 0 Å². The van der Waals surface area contributed by atoms with Crippen LogP contribution >= 0.6 is 0 Å². The van der Waals surface area contributed by atoms with Gasteiger partial charge in [0.2, 0.25) is 5.88 Å². The standard InChI is InChI=1S/C3H3NO2/c5-3-1-6-2-4-3/h1-2,5H. The number of oxazole rings is 1. The second-order valence-electron chi connectivity index (χ2n) is 0.847. The fraction of sp³-hybridized carbons (Fsp3) is 0. The van der Waals surface area contributed by atoms with Crippen molar-refractivity contribution in [2.24, 2.45) is 0 Å². The van der Waals surface area contributed by atoms with Crippen LogP contribution in [0.5, 0.6) is 5.88 Å². The molecule has 3 nitrogen and oxygen atoms in total. The molecule has 1 aromatic heterocycles. The summed E-state index contributed by atoms with van der Waals surface area (Å²) in [7, 11) is 0. The van der Waals surface area contributed by atoms with Crippen LogP contribution in [0.2, 0.25) is 0 Å². The molecule has 0 radical (unpaired) electrons. The van der Waals surface area contributed by atoms with Crippen molar-refractivity contribution in [2.75, 3.05) is 0 Å². The first-order valence-electron chi connectivity index (χ1n) is 1.47. The minimum Gasteiger partial charge on any atom is -0.491 e. The number of aromatic hydroxyl groups is 1. The average molecular weight is 85.1 g/mol. The van der Waals surface area contributed by atoms with Crippen LogP contribution in [0.4, 0.5) is 0 Å². The number of hydrogen-bond donors (Lipinski definition) is 1. The summed E-state index contributed by atoms with van der Waals surface area (Å²) in [5.41, 5.74) is 0. The maximum Gasteiger partial charge on any atom is 0.250 e. The van der Waals surface area contributed by atoms with Gasteiger partial charge in [0.15, 0.2) is 12.7 Å². The summed E-state index contributed by atoms with van der Waals surface area (Å²) in [6.45, 7) is 0. The molecule has 0 aromatic carbocycles. The van der Waals surface area contributed by atoms with Gasteiger partial charge in [-0.3, -0.25) is 0 Å². The van der Waals surface area contributed by atoms with E-state index in [1.54, 1.807) is 0 Å². The Kier molecular flexibility index (Phi) is 0.538. The van der Waals surface area contributed by atoms with Gasteiger partial charge in [0.25, 0.3) is 0 Å². The molecule has 6 heavy (non-hydrogen) atoms. The Hall–Kier alpha value is -0.990. The van der Waals surface area contributed by atoms with Crippen LogP contribution in [0.3, 0.4) is 0 Å². The highest BCUT2D eigenvalue weighted by molar-refractivity contribution is 4.93. The van der Waals surface area contributed by atoms with Crippen molar-refractivity contribution in [3.8, 4) is 5.88 Å². The lowest BCUT2D eigenvalue weighted by molar-refractivity contribution is 0.448. The second-order valence-corrected chi connectivity index (χ2v) is 0.847. The zero-order valence-corrected chi connectivity index (χ0v) is 2.96. The monoisotopic (exact) mass is 85.0 g/mol. The van der Waals surface area contributed by atoms with E-state index in [2.05, 4.69) is 9.40 Å². The highest BCUT2D eigenvalue weighted by Crippen LogP contribution is 1.97. The quantitative estimate of drug-likeness (QED) is 0.495. The normalized spacial score (nSPS) is 8.67. The third-order valence-corrected chi connectivity index (χ3v) is 0.419. The van der Waals surface area contributed by atoms with Gasteiger partial charge in [-0.25, -0.2) is 0 Å². The molecule has 32 valence electrons. The van der Waals surface area contributed by atoms with E-state index < -0.39 is 0 Å². The second kappa shape index (κ2) is 1.01. The van der Waals surface area contributed by atoms with Crippen molar-refractivity contribution in [1.29, 1.82) is 0 Å². The summed E-state index contributed by atoms with van der Waals surface area (Å²) in [4.78, 5) is 3.31. The largest absolute Gasteiger partial charge is 0.491 e. The summed E-state index contributed by atoms with van der Waals surface area (Å²) in [5, 5.41) is 8.27. The molecule has 0 aliphatic heterocycles. The van der Waals surface area contributed by atoms with Gasteiger partial charge in [0, 0.05) is 0 Å². The Morgan fingerprint density at radius 1 is 1.83 bits per heavy atom. The summed E-state index contributed by atoms with van der Waals surface area (Å²) in [6.07, 6.45) is 2.31. The van der Waals surface area contributed by atoms with Crippen LogP contribution in [0.1, 0.15) is 0 Å². The van der Waals surface area contributed by atoms with Crippen LogP contribution in [0.25, 0.3) is 0 Å². The first-order chi connectivity index (χ1) is 2.89. The molecule has 1 rings (SSSR count). The lowest BCUT2D eigenvalue weighted by atomic mass is 10.9. The summed E-state index contributed by atoms with van der Waals surface area (Å²) < 4.78 is 4.35. The van der Waals surface area contributed by atoms with E-state index in [4.69, 9.17) is 5.11 Å². The Balaban J connectivity index is 3.05. The lowest BCUT2D eigenvalue weighted by Gasteiger charge is -1.64. The van der Waals surface area contributed by atoms with Gasteiger partial charge in [-0.2, -0.15) is 4.98 Å². The van der Waals surface area contributed by atoms with Crippen molar-refractivity contribution in [3.63, 3.8) is 0 Å². The van der Waals surface area contributed by atoms with Crippen molar-refractivity contribution in [1.82, 2.24) is 4.98 Å². The van der Waals surface area contributed by atoms with E-state index in [0.717, 1.165) is 12.7 Å². The van der Waals surface area contributed by atoms with E-state index in [-0.39, 0.29) is 5.88 Å². The smallest absolute Gasteiger partial charge is 0.250 e. The Morgan fingerprint density at radius 2 is 2.67 bits per heavy atom. The Bertz CT molecular complexity index is 112. The van der Waals surface area contributed by atoms with Crippen molar-refractivity contribution in [2.45, 2.75) is 0 Å².